The minimum absolute atomic E-state index is 0.157. The normalized spacial score (nSPS) is 22.9. The Labute approximate surface area is 155 Å². The van der Waals surface area contributed by atoms with Gasteiger partial charge in [0.05, 0.1) is 14.6 Å². The molecule has 132 valence electrons. The van der Waals surface area contributed by atoms with Crippen LogP contribution in [0.3, 0.4) is 0 Å². The number of nitrogens with zero attached hydrogens (tertiary/aromatic N) is 1. The van der Waals surface area contributed by atoms with Crippen LogP contribution in [-0.2, 0) is 6.54 Å². The van der Waals surface area contributed by atoms with Gasteiger partial charge in [-0.2, -0.15) is 0 Å². The highest BCUT2D eigenvalue weighted by molar-refractivity contribution is 7.03. The Balaban J connectivity index is 1.31. The van der Waals surface area contributed by atoms with Gasteiger partial charge in [0.15, 0.2) is 11.6 Å². The van der Waals surface area contributed by atoms with Crippen molar-refractivity contribution < 1.29 is 9.59 Å². The zero-order chi connectivity index (χ0) is 18.1. The van der Waals surface area contributed by atoms with E-state index in [1.807, 2.05) is 61.7 Å². The van der Waals surface area contributed by atoms with Gasteiger partial charge in [0.25, 0.3) is 0 Å². The maximum absolute atomic E-state index is 12.3. The first-order valence-electron chi connectivity index (χ1n) is 9.35. The van der Waals surface area contributed by atoms with E-state index in [0.29, 0.717) is 18.7 Å². The average Bonchev–Trinajstić information content (AvgIpc) is 3.52. The van der Waals surface area contributed by atoms with E-state index in [1.165, 1.54) is 12.1 Å². The van der Waals surface area contributed by atoms with Crippen molar-refractivity contribution in [3.05, 3.63) is 70.8 Å². The van der Waals surface area contributed by atoms with E-state index < -0.39 is 8.07 Å². The Hall–Kier alpha value is -2.33. The lowest BCUT2D eigenvalue weighted by Gasteiger charge is -2.03. The molecule has 4 rings (SSSR count). The third-order valence-electron chi connectivity index (χ3n) is 5.71. The molecule has 0 atom stereocenters. The molecule has 2 aliphatic heterocycles. The van der Waals surface area contributed by atoms with Gasteiger partial charge in [0.1, 0.15) is 0 Å². The number of ketones is 2. The summed E-state index contributed by atoms with van der Waals surface area (Å²) in [7, 11) is -0.966. The van der Waals surface area contributed by atoms with Gasteiger partial charge in [-0.1, -0.05) is 67.5 Å². The van der Waals surface area contributed by atoms with Crippen molar-refractivity contribution in [2.24, 2.45) is 4.99 Å². The first kappa shape index (κ1) is 17.1. The molecule has 0 radical (unpaired) electrons. The smallest absolute Gasteiger partial charge is 0.162 e. The van der Waals surface area contributed by atoms with Gasteiger partial charge in [-0.25, -0.2) is 0 Å². The molecule has 0 aromatic heterocycles. The molecule has 0 amide bonds. The van der Waals surface area contributed by atoms with Crippen LogP contribution >= 0.6 is 0 Å². The van der Waals surface area contributed by atoms with E-state index in [0.717, 1.165) is 33.8 Å². The second-order valence-corrected chi connectivity index (χ2v) is 12.3. The molecule has 2 aromatic rings. The maximum atomic E-state index is 12.3. The molecular weight excluding hydrogens is 338 g/mol. The fourth-order valence-electron chi connectivity index (χ4n) is 3.53. The molecular formula is C22H23NO2Si. The zero-order valence-electron chi connectivity index (χ0n) is 15.1. The van der Waals surface area contributed by atoms with Gasteiger partial charge in [-0.15, -0.1) is 0 Å². The van der Waals surface area contributed by atoms with E-state index in [2.05, 4.69) is 4.99 Å². The van der Waals surface area contributed by atoms with E-state index in [-0.39, 0.29) is 5.78 Å². The number of rotatable bonds is 8. The predicted octanol–water partition coefficient (Wildman–Crippen LogP) is 4.93. The van der Waals surface area contributed by atoms with Crippen LogP contribution in [0.2, 0.25) is 23.7 Å². The van der Waals surface area contributed by atoms with Crippen molar-refractivity contribution in [2.75, 3.05) is 0 Å². The summed E-state index contributed by atoms with van der Waals surface area (Å²) in [6.07, 6.45) is 2.35. The third-order valence-corrected chi connectivity index (χ3v) is 10.4. The molecule has 2 saturated heterocycles. The molecule has 0 aliphatic carbocycles. The molecule has 2 aliphatic rings. The SMILES string of the molecule is CCC(=O)c1ccc(C=NCc2ccc(C(=O)C[Si]34CC3C4)cc2)cc1. The number of hydrogen-bond donors (Lipinski definition) is 0. The van der Waals surface area contributed by atoms with Crippen molar-refractivity contribution in [3.8, 4) is 0 Å². The van der Waals surface area contributed by atoms with Gasteiger partial charge in [0.2, 0.25) is 0 Å². The van der Waals surface area contributed by atoms with E-state index >= 15 is 0 Å². The third kappa shape index (κ3) is 3.60. The van der Waals surface area contributed by atoms with E-state index in [1.54, 1.807) is 0 Å². The summed E-state index contributed by atoms with van der Waals surface area (Å²) >= 11 is 0. The average molecular weight is 362 g/mol. The van der Waals surface area contributed by atoms with E-state index in [4.69, 9.17) is 0 Å². The number of carbonyl (C=O) groups is 2. The fraction of sp³-hybridized carbons (Fsp3) is 0.318. The lowest BCUT2D eigenvalue weighted by molar-refractivity contribution is 0.0985. The van der Waals surface area contributed by atoms with Crippen LogP contribution in [0.4, 0.5) is 0 Å². The van der Waals surface area contributed by atoms with Crippen LogP contribution in [0.15, 0.2) is 53.5 Å². The molecule has 0 N–H and O–H groups in total. The number of carbonyl (C=O) groups excluding carboxylic acids is 2. The summed E-state index contributed by atoms with van der Waals surface area (Å²) in [5.74, 6) is 0.498. The summed E-state index contributed by atoms with van der Waals surface area (Å²) in [6.45, 7) is 2.46. The lowest BCUT2D eigenvalue weighted by Crippen LogP contribution is -2.09. The molecule has 26 heavy (non-hydrogen) atoms. The van der Waals surface area contributed by atoms with Crippen LogP contribution < -0.4 is 0 Å². The summed E-state index contributed by atoms with van der Waals surface area (Å²) in [5, 5.41) is 0. The Morgan fingerprint density at radius 1 is 1.00 bits per heavy atom. The fourth-order valence-corrected chi connectivity index (χ4v) is 8.29. The molecule has 2 fully saturated rings. The molecule has 0 saturated carbocycles. The van der Waals surface area contributed by atoms with Crippen molar-refractivity contribution >= 4 is 25.9 Å². The second kappa shape index (κ2) is 6.76. The molecule has 4 heteroatoms. The zero-order valence-corrected chi connectivity index (χ0v) is 16.1. The monoisotopic (exact) mass is 361 g/mol. The summed E-state index contributed by atoms with van der Waals surface area (Å²) in [6, 6.07) is 19.1. The molecule has 0 bridgehead atoms. The van der Waals surface area contributed by atoms with Gasteiger partial charge in [0, 0.05) is 29.8 Å². The van der Waals surface area contributed by atoms with Crippen molar-refractivity contribution in [2.45, 2.75) is 43.6 Å². The summed E-state index contributed by atoms with van der Waals surface area (Å²) in [4.78, 5) is 28.4. The predicted molar refractivity (Wildman–Crippen MR) is 107 cm³/mol. The summed E-state index contributed by atoms with van der Waals surface area (Å²) in [5.41, 5.74) is 4.68. The lowest BCUT2D eigenvalue weighted by atomic mass is 10.1. The Bertz CT molecular complexity index is 862. The van der Waals surface area contributed by atoms with Crippen LogP contribution in [0.25, 0.3) is 0 Å². The standard InChI is InChI=1S/C22H23NO2Si/c1-2-21(24)18-7-3-16(4-8-18)11-23-12-17-5-9-19(10-6-17)22(25)15-26-13-20(26)14-26/h3-11,20H,2,12-15H2,1H3. The number of hydrogen-bond acceptors (Lipinski definition) is 3. The first-order valence-corrected chi connectivity index (χ1v) is 12.0. The minimum Gasteiger partial charge on any atom is -0.295 e. The molecule has 3 nitrogen and oxygen atoms in total. The van der Waals surface area contributed by atoms with Crippen LogP contribution in [0, 0.1) is 0 Å². The van der Waals surface area contributed by atoms with Gasteiger partial charge >= 0.3 is 0 Å². The van der Waals surface area contributed by atoms with E-state index in [9.17, 15) is 9.59 Å². The number of fused-ring (bicyclic) bond motifs is 1. The maximum Gasteiger partial charge on any atom is 0.162 e. The largest absolute Gasteiger partial charge is 0.295 e. The number of aliphatic imine (C=N–C) groups is 1. The molecule has 2 heterocycles. The number of benzene rings is 2. The van der Waals surface area contributed by atoms with Crippen LogP contribution in [-0.4, -0.2) is 25.9 Å². The van der Waals surface area contributed by atoms with Crippen molar-refractivity contribution in [1.82, 2.24) is 0 Å². The van der Waals surface area contributed by atoms with Crippen LogP contribution in [0.5, 0.6) is 0 Å². The highest BCUT2D eigenvalue weighted by Crippen LogP contribution is 2.74. The highest BCUT2D eigenvalue weighted by atomic mass is 28.3. The summed E-state index contributed by atoms with van der Waals surface area (Å²) < 4.78 is 0. The van der Waals surface area contributed by atoms with Gasteiger partial charge in [-0.05, 0) is 16.7 Å². The molecule has 0 spiro atoms. The topological polar surface area (TPSA) is 46.5 Å². The number of Topliss-reactive ketones (excluding diaryl/α,β-unsaturated/α-hetero) is 2. The molecule has 2 aromatic carbocycles. The van der Waals surface area contributed by atoms with Gasteiger partial charge in [-0.3, -0.25) is 14.6 Å². The molecule has 0 unspecified atom stereocenters. The Kier molecular flexibility index (Phi) is 4.45. The Morgan fingerprint density at radius 2 is 1.58 bits per heavy atom. The van der Waals surface area contributed by atoms with Crippen molar-refractivity contribution in [3.63, 3.8) is 0 Å². The first-order chi connectivity index (χ1) is 12.6. The second-order valence-electron chi connectivity index (χ2n) is 7.63. The quantitative estimate of drug-likeness (QED) is 0.380. The Morgan fingerprint density at radius 3 is 2.15 bits per heavy atom. The minimum atomic E-state index is -0.966. The van der Waals surface area contributed by atoms with Crippen LogP contribution in [0.1, 0.15) is 45.2 Å². The highest BCUT2D eigenvalue weighted by Gasteiger charge is 2.71. The van der Waals surface area contributed by atoms with Crippen molar-refractivity contribution in [1.29, 1.82) is 0 Å². The van der Waals surface area contributed by atoms with Gasteiger partial charge < -0.3 is 0 Å².